The molecule has 2 N–H and O–H groups in total. The average molecular weight is 348 g/mol. The van der Waals surface area contributed by atoms with E-state index >= 15 is 0 Å². The van der Waals surface area contributed by atoms with Gasteiger partial charge in [-0.15, -0.1) is 0 Å². The highest BCUT2D eigenvalue weighted by atomic mass is 32.2. The Morgan fingerprint density at radius 2 is 1.82 bits per heavy atom. The molecule has 0 bridgehead atoms. The fourth-order valence-electron chi connectivity index (χ4n) is 1.88. The normalized spacial score (nSPS) is 22.4. The Bertz CT molecular complexity index is 613. The van der Waals surface area contributed by atoms with Crippen LogP contribution in [0.2, 0.25) is 0 Å². The Kier molecular flexibility index (Phi) is 3.96. The maximum atomic E-state index is 13.4. The maximum Gasteiger partial charge on any atom is 0.446 e. The first-order valence-corrected chi connectivity index (χ1v) is 6.39. The quantitative estimate of drug-likeness (QED) is 0.652. The van der Waals surface area contributed by atoms with Crippen LogP contribution in [0.15, 0.2) is 28.3 Å². The van der Waals surface area contributed by atoms with Gasteiger partial charge >= 0.3 is 11.7 Å². The molecule has 0 saturated heterocycles. The number of benzene rings is 1. The van der Waals surface area contributed by atoms with Gasteiger partial charge in [-0.2, -0.15) is 26.3 Å². The van der Waals surface area contributed by atoms with Crippen molar-refractivity contribution in [1.29, 1.82) is 0 Å². The first-order valence-electron chi connectivity index (χ1n) is 5.58. The van der Waals surface area contributed by atoms with Crippen molar-refractivity contribution >= 4 is 17.6 Å². The molecule has 0 radical (unpaired) electrons. The number of oxime groups is 1. The molecule has 0 fully saturated rings. The summed E-state index contributed by atoms with van der Waals surface area (Å²) < 4.78 is 90.2. The second kappa shape index (κ2) is 5.21. The van der Waals surface area contributed by atoms with Crippen LogP contribution in [0.1, 0.15) is 12.0 Å². The van der Waals surface area contributed by atoms with Crippen LogP contribution in [0.25, 0.3) is 0 Å². The SMILES string of the molecule is NC1=NOC(c2ccc(F)c(SC(F)(F)F)c2)(C(F)(F)F)C1. The predicted octanol–water partition coefficient (Wildman–Crippen LogP) is 3.89. The molecule has 1 aromatic carbocycles. The molecule has 0 spiro atoms. The van der Waals surface area contributed by atoms with Crippen LogP contribution in [0.3, 0.4) is 0 Å². The number of halogens is 7. The Morgan fingerprint density at radius 3 is 2.27 bits per heavy atom. The summed E-state index contributed by atoms with van der Waals surface area (Å²) in [6, 6.07) is 1.64. The Hall–Kier alpha value is -1.65. The molecule has 122 valence electrons. The number of hydrogen-bond acceptors (Lipinski definition) is 4. The lowest BCUT2D eigenvalue weighted by atomic mass is 9.89. The zero-order chi connectivity index (χ0) is 16.8. The van der Waals surface area contributed by atoms with Gasteiger partial charge in [-0.05, 0) is 23.9 Å². The molecule has 0 aliphatic carbocycles. The fourth-order valence-corrected chi connectivity index (χ4v) is 2.48. The number of nitrogens with two attached hydrogens (primary N) is 1. The molecule has 22 heavy (non-hydrogen) atoms. The van der Waals surface area contributed by atoms with E-state index in [1.807, 2.05) is 0 Å². The van der Waals surface area contributed by atoms with Gasteiger partial charge in [0, 0.05) is 5.56 Å². The van der Waals surface area contributed by atoms with Crippen molar-refractivity contribution in [3.63, 3.8) is 0 Å². The van der Waals surface area contributed by atoms with Gasteiger partial charge in [0.15, 0.2) is 0 Å². The van der Waals surface area contributed by atoms with Crippen LogP contribution >= 0.6 is 11.8 Å². The highest BCUT2D eigenvalue weighted by Crippen LogP contribution is 2.49. The minimum Gasteiger partial charge on any atom is -0.384 e. The van der Waals surface area contributed by atoms with E-state index in [1.54, 1.807) is 0 Å². The number of alkyl halides is 6. The Labute approximate surface area is 123 Å². The van der Waals surface area contributed by atoms with E-state index in [0.717, 1.165) is 0 Å². The summed E-state index contributed by atoms with van der Waals surface area (Å²) in [7, 11) is 0. The van der Waals surface area contributed by atoms with Crippen molar-refractivity contribution in [3.05, 3.63) is 29.6 Å². The molecule has 0 saturated carbocycles. The molecular formula is C11H7F7N2OS. The van der Waals surface area contributed by atoms with E-state index in [-0.39, 0.29) is 0 Å². The molecule has 1 unspecified atom stereocenters. The van der Waals surface area contributed by atoms with Gasteiger partial charge in [0.25, 0.3) is 5.60 Å². The van der Waals surface area contributed by atoms with Gasteiger partial charge in [0.05, 0.1) is 11.3 Å². The van der Waals surface area contributed by atoms with E-state index in [2.05, 4.69) is 9.99 Å². The van der Waals surface area contributed by atoms with Gasteiger partial charge < -0.3 is 10.6 Å². The zero-order valence-corrected chi connectivity index (χ0v) is 11.2. The van der Waals surface area contributed by atoms with E-state index in [1.165, 1.54) is 0 Å². The van der Waals surface area contributed by atoms with Gasteiger partial charge in [0.1, 0.15) is 11.7 Å². The summed E-state index contributed by atoms with van der Waals surface area (Å²) in [6.07, 6.45) is -5.89. The van der Waals surface area contributed by atoms with E-state index in [0.29, 0.717) is 18.2 Å². The zero-order valence-electron chi connectivity index (χ0n) is 10.4. The van der Waals surface area contributed by atoms with Gasteiger partial charge in [0.2, 0.25) is 0 Å². The van der Waals surface area contributed by atoms with Gasteiger partial charge in [-0.3, -0.25) is 0 Å². The molecule has 1 heterocycles. The van der Waals surface area contributed by atoms with Gasteiger partial charge in [-0.25, -0.2) is 4.39 Å². The van der Waals surface area contributed by atoms with Crippen LogP contribution in [0.5, 0.6) is 0 Å². The molecule has 3 nitrogen and oxygen atoms in total. The minimum atomic E-state index is -5.00. The van der Waals surface area contributed by atoms with Crippen LogP contribution in [-0.4, -0.2) is 17.5 Å². The fraction of sp³-hybridized carbons (Fsp3) is 0.364. The summed E-state index contributed by atoms with van der Waals surface area (Å²) in [4.78, 5) is 3.36. The predicted molar refractivity (Wildman–Crippen MR) is 63.4 cm³/mol. The van der Waals surface area contributed by atoms with Crippen LogP contribution in [0, 0.1) is 5.82 Å². The first-order chi connectivity index (χ1) is 9.95. The van der Waals surface area contributed by atoms with Crippen molar-refractivity contribution in [2.75, 3.05) is 0 Å². The molecule has 1 aliphatic heterocycles. The topological polar surface area (TPSA) is 47.6 Å². The molecule has 11 heteroatoms. The summed E-state index contributed by atoms with van der Waals surface area (Å²) in [5.74, 6) is -1.76. The molecule has 2 rings (SSSR count). The summed E-state index contributed by atoms with van der Waals surface area (Å²) >= 11 is -0.856. The summed E-state index contributed by atoms with van der Waals surface area (Å²) in [5, 5.41) is 3.01. The van der Waals surface area contributed by atoms with Crippen molar-refractivity contribution < 1.29 is 35.6 Å². The lowest BCUT2D eigenvalue weighted by Crippen LogP contribution is -2.43. The van der Waals surface area contributed by atoms with Gasteiger partial charge in [-0.1, -0.05) is 11.2 Å². The smallest absolute Gasteiger partial charge is 0.384 e. The lowest BCUT2D eigenvalue weighted by Gasteiger charge is -2.29. The van der Waals surface area contributed by atoms with Crippen molar-refractivity contribution in [1.82, 2.24) is 0 Å². The van der Waals surface area contributed by atoms with Crippen molar-refractivity contribution in [2.24, 2.45) is 10.9 Å². The third-order valence-electron chi connectivity index (χ3n) is 2.83. The number of rotatable bonds is 2. The van der Waals surface area contributed by atoms with Crippen LogP contribution < -0.4 is 5.73 Å². The average Bonchev–Trinajstić information content (AvgIpc) is 2.73. The number of nitrogens with zero attached hydrogens (tertiary/aromatic N) is 1. The van der Waals surface area contributed by atoms with Crippen LogP contribution in [0.4, 0.5) is 30.7 Å². The second-order valence-corrected chi connectivity index (χ2v) is 5.48. The molecule has 1 aromatic rings. The molecule has 0 aromatic heterocycles. The molecular weight excluding hydrogens is 341 g/mol. The van der Waals surface area contributed by atoms with Crippen LogP contribution in [-0.2, 0) is 10.4 Å². The molecule has 1 aliphatic rings. The van der Waals surface area contributed by atoms with Crippen molar-refractivity contribution in [3.8, 4) is 0 Å². The second-order valence-electron chi connectivity index (χ2n) is 4.37. The van der Waals surface area contributed by atoms with E-state index in [4.69, 9.17) is 5.73 Å². The monoisotopic (exact) mass is 348 g/mol. The Balaban J connectivity index is 2.49. The number of hydrogen-bond donors (Lipinski definition) is 1. The number of amidine groups is 1. The Morgan fingerprint density at radius 1 is 1.18 bits per heavy atom. The third-order valence-corrected chi connectivity index (χ3v) is 3.59. The third kappa shape index (κ3) is 3.08. The standard InChI is InChI=1S/C11H7F7N2OS/c12-6-2-1-5(3-7(6)22-11(16,17)18)9(10(13,14)15)4-8(19)20-21-9/h1-3H,4H2,(H2,19,20). The highest BCUT2D eigenvalue weighted by Gasteiger charge is 2.62. The number of thioether (sulfide) groups is 1. The molecule has 1 atom stereocenters. The first kappa shape index (κ1) is 16.7. The summed E-state index contributed by atoms with van der Waals surface area (Å²) in [6.45, 7) is 0. The van der Waals surface area contributed by atoms with E-state index in [9.17, 15) is 30.7 Å². The van der Waals surface area contributed by atoms with Crippen molar-refractivity contribution in [2.45, 2.75) is 28.6 Å². The van der Waals surface area contributed by atoms with E-state index < -0.39 is 57.6 Å². The largest absolute Gasteiger partial charge is 0.446 e. The lowest BCUT2D eigenvalue weighted by molar-refractivity contribution is -0.276. The minimum absolute atomic E-state index is 0.440. The maximum absolute atomic E-state index is 13.4. The highest BCUT2D eigenvalue weighted by molar-refractivity contribution is 8.00. The molecule has 0 amide bonds. The summed E-state index contributed by atoms with van der Waals surface area (Å²) in [5.41, 5.74) is -3.40.